The van der Waals surface area contributed by atoms with Crippen molar-refractivity contribution in [1.82, 2.24) is 20.4 Å². The molecular formula is C16H22ClN5. The van der Waals surface area contributed by atoms with Gasteiger partial charge in [-0.3, -0.25) is 9.67 Å². The van der Waals surface area contributed by atoms with Crippen LogP contribution in [0.25, 0.3) is 0 Å². The summed E-state index contributed by atoms with van der Waals surface area (Å²) in [6, 6.07) is 9.86. The van der Waals surface area contributed by atoms with Crippen molar-refractivity contribution in [3.05, 3.63) is 53.3 Å². The highest BCUT2D eigenvalue weighted by atomic mass is 35.5. The number of aromatic nitrogens is 2. The zero-order chi connectivity index (χ0) is 15.6. The van der Waals surface area contributed by atoms with Crippen molar-refractivity contribution < 1.29 is 0 Å². The van der Waals surface area contributed by atoms with Crippen LogP contribution in [0.5, 0.6) is 0 Å². The summed E-state index contributed by atoms with van der Waals surface area (Å²) in [5.74, 6) is 0.828. The molecule has 118 valence electrons. The Morgan fingerprint density at radius 3 is 2.68 bits per heavy atom. The molecule has 1 aromatic carbocycles. The summed E-state index contributed by atoms with van der Waals surface area (Å²) in [5, 5.41) is 11.6. The highest BCUT2D eigenvalue weighted by Crippen LogP contribution is 2.09. The van der Waals surface area contributed by atoms with Gasteiger partial charge in [-0.25, -0.2) is 0 Å². The maximum absolute atomic E-state index is 5.88. The van der Waals surface area contributed by atoms with Crippen molar-refractivity contribution in [3.63, 3.8) is 0 Å². The first kappa shape index (κ1) is 16.4. The Morgan fingerprint density at radius 1 is 1.23 bits per heavy atom. The first-order chi connectivity index (χ1) is 10.8. The van der Waals surface area contributed by atoms with E-state index in [0.29, 0.717) is 0 Å². The van der Waals surface area contributed by atoms with E-state index < -0.39 is 0 Å². The molecule has 0 bridgehead atoms. The smallest absolute Gasteiger partial charge is 0.190 e. The fourth-order valence-electron chi connectivity index (χ4n) is 2.08. The molecule has 0 fully saturated rings. The zero-order valence-electron chi connectivity index (χ0n) is 12.8. The number of halogens is 1. The van der Waals surface area contributed by atoms with E-state index in [0.717, 1.165) is 43.5 Å². The SMILES string of the molecule is CN=C(NCCCn1cccn1)NCCc1ccc(Cl)cc1. The van der Waals surface area contributed by atoms with Crippen molar-refractivity contribution in [1.29, 1.82) is 0 Å². The van der Waals surface area contributed by atoms with Gasteiger partial charge in [-0.05, 0) is 36.6 Å². The molecule has 0 amide bonds. The van der Waals surface area contributed by atoms with Crippen molar-refractivity contribution in [2.24, 2.45) is 4.99 Å². The predicted molar refractivity (Wildman–Crippen MR) is 91.4 cm³/mol. The van der Waals surface area contributed by atoms with E-state index in [1.165, 1.54) is 5.56 Å². The lowest BCUT2D eigenvalue weighted by Crippen LogP contribution is -2.39. The Labute approximate surface area is 136 Å². The maximum Gasteiger partial charge on any atom is 0.190 e. The highest BCUT2D eigenvalue weighted by molar-refractivity contribution is 6.30. The number of nitrogens with one attached hydrogen (secondary N) is 2. The molecular weight excluding hydrogens is 298 g/mol. The lowest BCUT2D eigenvalue weighted by molar-refractivity contribution is 0.570. The Kier molecular flexibility index (Phi) is 6.77. The largest absolute Gasteiger partial charge is 0.356 e. The summed E-state index contributed by atoms with van der Waals surface area (Å²) in [7, 11) is 1.78. The molecule has 1 aromatic heterocycles. The lowest BCUT2D eigenvalue weighted by atomic mass is 10.1. The molecule has 2 rings (SSSR count). The van der Waals surface area contributed by atoms with Gasteiger partial charge in [0, 0.05) is 44.1 Å². The highest BCUT2D eigenvalue weighted by Gasteiger charge is 1.98. The van der Waals surface area contributed by atoms with Gasteiger partial charge >= 0.3 is 0 Å². The molecule has 1 heterocycles. The second-order valence-corrected chi connectivity index (χ2v) is 5.36. The van der Waals surface area contributed by atoms with Crippen LogP contribution in [0.1, 0.15) is 12.0 Å². The number of rotatable bonds is 7. The normalized spacial score (nSPS) is 11.5. The van der Waals surface area contributed by atoms with Gasteiger partial charge in [-0.1, -0.05) is 23.7 Å². The first-order valence-electron chi connectivity index (χ1n) is 7.44. The molecule has 0 aliphatic heterocycles. The average Bonchev–Trinajstić information content (AvgIpc) is 3.05. The second-order valence-electron chi connectivity index (χ2n) is 4.92. The van der Waals surface area contributed by atoms with Gasteiger partial charge in [-0.15, -0.1) is 0 Å². The monoisotopic (exact) mass is 319 g/mol. The molecule has 0 spiro atoms. The van der Waals surface area contributed by atoms with E-state index in [4.69, 9.17) is 11.6 Å². The molecule has 0 aliphatic carbocycles. The number of benzene rings is 1. The van der Waals surface area contributed by atoms with Gasteiger partial charge in [0.05, 0.1) is 0 Å². The topological polar surface area (TPSA) is 54.2 Å². The minimum Gasteiger partial charge on any atom is -0.356 e. The van der Waals surface area contributed by atoms with Crippen LogP contribution >= 0.6 is 11.6 Å². The molecule has 0 saturated carbocycles. The number of hydrogen-bond acceptors (Lipinski definition) is 2. The molecule has 5 nitrogen and oxygen atoms in total. The summed E-state index contributed by atoms with van der Waals surface area (Å²) >= 11 is 5.88. The molecule has 0 atom stereocenters. The third-order valence-electron chi connectivity index (χ3n) is 3.26. The van der Waals surface area contributed by atoms with Gasteiger partial charge in [-0.2, -0.15) is 5.10 Å². The molecule has 2 aromatic rings. The minimum absolute atomic E-state index is 0.770. The van der Waals surface area contributed by atoms with Crippen molar-refractivity contribution in [2.75, 3.05) is 20.1 Å². The van der Waals surface area contributed by atoms with E-state index in [1.54, 1.807) is 13.2 Å². The number of aryl methyl sites for hydroxylation is 1. The summed E-state index contributed by atoms with van der Waals surface area (Å²) < 4.78 is 1.93. The number of aliphatic imine (C=N–C) groups is 1. The lowest BCUT2D eigenvalue weighted by Gasteiger charge is -2.12. The van der Waals surface area contributed by atoms with E-state index >= 15 is 0 Å². The van der Waals surface area contributed by atoms with Crippen molar-refractivity contribution in [2.45, 2.75) is 19.4 Å². The summed E-state index contributed by atoms with van der Waals surface area (Å²) in [5.41, 5.74) is 1.26. The van der Waals surface area contributed by atoms with Gasteiger partial charge < -0.3 is 10.6 Å². The third-order valence-corrected chi connectivity index (χ3v) is 3.51. The van der Waals surface area contributed by atoms with Crippen molar-refractivity contribution >= 4 is 17.6 Å². The van der Waals surface area contributed by atoms with Gasteiger partial charge in [0.15, 0.2) is 5.96 Å². The number of hydrogen-bond donors (Lipinski definition) is 2. The maximum atomic E-state index is 5.88. The molecule has 2 N–H and O–H groups in total. The van der Waals surface area contributed by atoms with Crippen LogP contribution in [0, 0.1) is 0 Å². The van der Waals surface area contributed by atoms with Crippen molar-refractivity contribution in [3.8, 4) is 0 Å². The third kappa shape index (κ3) is 5.77. The fraction of sp³-hybridized carbons (Fsp3) is 0.375. The Bertz CT molecular complexity index is 563. The fourth-order valence-corrected chi connectivity index (χ4v) is 2.20. The summed E-state index contributed by atoms with van der Waals surface area (Å²) in [6.45, 7) is 2.60. The van der Waals surface area contributed by atoms with E-state index in [2.05, 4.69) is 20.7 Å². The van der Waals surface area contributed by atoms with Gasteiger partial charge in [0.25, 0.3) is 0 Å². The molecule has 0 saturated heterocycles. The average molecular weight is 320 g/mol. The second kappa shape index (κ2) is 9.10. The molecule has 0 unspecified atom stereocenters. The minimum atomic E-state index is 0.770. The van der Waals surface area contributed by atoms with Crippen LogP contribution in [0.15, 0.2) is 47.7 Å². The molecule has 22 heavy (non-hydrogen) atoms. The predicted octanol–water partition coefficient (Wildman–Crippen LogP) is 2.33. The Balaban J connectivity index is 1.61. The van der Waals surface area contributed by atoms with Crippen LogP contribution < -0.4 is 10.6 Å². The van der Waals surface area contributed by atoms with E-state index in [-0.39, 0.29) is 0 Å². The molecule has 0 radical (unpaired) electrons. The van der Waals surface area contributed by atoms with Gasteiger partial charge in [0.2, 0.25) is 0 Å². The summed E-state index contributed by atoms with van der Waals surface area (Å²) in [6.07, 6.45) is 5.70. The zero-order valence-corrected chi connectivity index (χ0v) is 13.6. The van der Waals surface area contributed by atoms with E-state index in [1.807, 2.05) is 41.2 Å². The quantitative estimate of drug-likeness (QED) is 0.468. The van der Waals surface area contributed by atoms with Gasteiger partial charge in [0.1, 0.15) is 0 Å². The Hall–Kier alpha value is -2.01. The van der Waals surface area contributed by atoms with Crippen LogP contribution in [0.2, 0.25) is 5.02 Å². The summed E-state index contributed by atoms with van der Waals surface area (Å²) in [4.78, 5) is 4.22. The van der Waals surface area contributed by atoms with Crippen LogP contribution in [0.4, 0.5) is 0 Å². The van der Waals surface area contributed by atoms with Crippen LogP contribution in [-0.2, 0) is 13.0 Å². The van der Waals surface area contributed by atoms with E-state index in [9.17, 15) is 0 Å². The standard InChI is InChI=1S/C16H22ClN5/c1-18-16(19-9-2-12-22-13-3-10-21-22)20-11-8-14-4-6-15(17)7-5-14/h3-7,10,13H,2,8-9,11-12H2,1H3,(H2,18,19,20). The first-order valence-corrected chi connectivity index (χ1v) is 7.82. The molecule has 6 heteroatoms. The number of guanidine groups is 1. The van der Waals surface area contributed by atoms with Crippen LogP contribution in [-0.4, -0.2) is 35.9 Å². The number of nitrogens with zero attached hydrogens (tertiary/aromatic N) is 3. The Morgan fingerprint density at radius 2 is 2.00 bits per heavy atom. The van der Waals surface area contributed by atoms with Crippen LogP contribution in [0.3, 0.4) is 0 Å². The molecule has 0 aliphatic rings.